The maximum Gasteiger partial charge on any atom is 0.417 e. The van der Waals surface area contributed by atoms with E-state index in [1.54, 1.807) is 12.1 Å². The van der Waals surface area contributed by atoms with Gasteiger partial charge in [-0.3, -0.25) is 4.79 Å². The second-order valence-corrected chi connectivity index (χ2v) is 8.20. The van der Waals surface area contributed by atoms with Gasteiger partial charge in [-0.1, -0.05) is 42.5 Å². The quantitative estimate of drug-likeness (QED) is 0.783. The topological polar surface area (TPSA) is 66.8 Å². The Morgan fingerprint density at radius 2 is 1.73 bits per heavy atom. The first-order valence-corrected chi connectivity index (χ1v) is 10.5. The molecule has 0 aromatic heterocycles. The minimum absolute atomic E-state index is 0.143. The number of nitrogens with zero attached hydrogens (tertiary/aromatic N) is 1. The van der Waals surface area contributed by atoms with Crippen molar-refractivity contribution < 1.29 is 23.8 Å². The van der Waals surface area contributed by atoms with Gasteiger partial charge in [0.05, 0.1) is 6.10 Å². The summed E-state index contributed by atoms with van der Waals surface area (Å²) in [5.41, 5.74) is 1.74. The molecule has 4 rings (SSSR count). The number of amides is 2. The van der Waals surface area contributed by atoms with Crippen molar-refractivity contribution in [3.63, 3.8) is 0 Å². The van der Waals surface area contributed by atoms with Crippen molar-refractivity contribution in [3.05, 3.63) is 71.5 Å². The number of cyclic esters (lactones) is 1. The summed E-state index contributed by atoms with van der Waals surface area (Å²) in [5.74, 6) is -0.561. The molecule has 0 unspecified atom stereocenters. The lowest BCUT2D eigenvalue weighted by molar-refractivity contribution is -0.130. The average Bonchev–Trinajstić information content (AvgIpc) is 3.15. The Morgan fingerprint density at radius 1 is 1.07 bits per heavy atom. The minimum atomic E-state index is -0.620. The number of carbonyl (C=O) groups excluding carboxylic acids is 2. The summed E-state index contributed by atoms with van der Waals surface area (Å²) >= 11 is 0. The number of aliphatic hydroxyl groups excluding tert-OH is 1. The second kappa shape index (κ2) is 8.96. The lowest BCUT2D eigenvalue weighted by Gasteiger charge is -2.33. The van der Waals surface area contributed by atoms with Crippen LogP contribution in [0.15, 0.2) is 54.6 Å². The molecule has 1 saturated carbocycles. The average molecular weight is 411 g/mol. The van der Waals surface area contributed by atoms with Crippen molar-refractivity contribution >= 4 is 12.0 Å². The highest BCUT2D eigenvalue weighted by atomic mass is 19.1. The van der Waals surface area contributed by atoms with E-state index in [9.17, 15) is 19.1 Å². The molecule has 1 N–H and O–H groups in total. The highest BCUT2D eigenvalue weighted by molar-refractivity contribution is 5.94. The van der Waals surface area contributed by atoms with Gasteiger partial charge in [0.2, 0.25) is 5.91 Å². The van der Waals surface area contributed by atoms with Crippen LogP contribution in [0.3, 0.4) is 0 Å². The van der Waals surface area contributed by atoms with E-state index >= 15 is 0 Å². The van der Waals surface area contributed by atoms with Gasteiger partial charge in [-0.25, -0.2) is 14.1 Å². The SMILES string of the molecule is O=C(C[C@@H](c1ccc(F)cc1)C1CCC(O)CC1)N1C(=O)OC[C@H]1c1ccccc1. The fourth-order valence-corrected chi connectivity index (χ4v) is 4.67. The predicted molar refractivity (Wildman–Crippen MR) is 109 cm³/mol. The number of imide groups is 1. The third-order valence-electron chi connectivity index (χ3n) is 6.33. The fourth-order valence-electron chi connectivity index (χ4n) is 4.67. The minimum Gasteiger partial charge on any atom is -0.446 e. The van der Waals surface area contributed by atoms with E-state index in [2.05, 4.69) is 0 Å². The van der Waals surface area contributed by atoms with Gasteiger partial charge in [0.1, 0.15) is 18.5 Å². The molecule has 2 aromatic rings. The first kappa shape index (κ1) is 20.5. The van der Waals surface area contributed by atoms with Crippen molar-refractivity contribution in [1.29, 1.82) is 0 Å². The van der Waals surface area contributed by atoms with Crippen molar-refractivity contribution in [3.8, 4) is 0 Å². The third kappa shape index (κ3) is 4.38. The van der Waals surface area contributed by atoms with Gasteiger partial charge in [-0.2, -0.15) is 0 Å². The number of rotatable bonds is 5. The van der Waals surface area contributed by atoms with Gasteiger partial charge in [0.15, 0.2) is 0 Å². The zero-order valence-electron chi connectivity index (χ0n) is 16.7. The van der Waals surface area contributed by atoms with Gasteiger partial charge in [-0.05, 0) is 60.8 Å². The van der Waals surface area contributed by atoms with Gasteiger partial charge < -0.3 is 9.84 Å². The monoisotopic (exact) mass is 411 g/mol. The number of hydrogen-bond acceptors (Lipinski definition) is 4. The molecular weight excluding hydrogens is 385 g/mol. The molecule has 1 aliphatic heterocycles. The van der Waals surface area contributed by atoms with Crippen molar-refractivity contribution in [1.82, 2.24) is 4.90 Å². The van der Waals surface area contributed by atoms with Crippen LogP contribution in [0, 0.1) is 11.7 Å². The Morgan fingerprint density at radius 3 is 2.40 bits per heavy atom. The lowest BCUT2D eigenvalue weighted by Crippen LogP contribution is -2.36. The number of benzene rings is 2. The zero-order chi connectivity index (χ0) is 21.1. The molecule has 2 atom stereocenters. The maximum atomic E-state index is 13.5. The van der Waals surface area contributed by atoms with Crippen LogP contribution in [0.2, 0.25) is 0 Å². The van der Waals surface area contributed by atoms with E-state index in [1.165, 1.54) is 17.0 Å². The van der Waals surface area contributed by atoms with Crippen LogP contribution in [-0.2, 0) is 9.53 Å². The number of aliphatic hydroxyl groups is 1. The van der Waals surface area contributed by atoms with E-state index in [1.807, 2.05) is 30.3 Å². The van der Waals surface area contributed by atoms with E-state index in [0.29, 0.717) is 12.8 Å². The van der Waals surface area contributed by atoms with Crippen molar-refractivity contribution in [2.24, 2.45) is 5.92 Å². The van der Waals surface area contributed by atoms with E-state index in [0.717, 1.165) is 24.0 Å². The Kier molecular flexibility index (Phi) is 6.13. The summed E-state index contributed by atoms with van der Waals surface area (Å²) in [6, 6.07) is 15.2. The smallest absolute Gasteiger partial charge is 0.417 e. The fraction of sp³-hybridized carbons (Fsp3) is 0.417. The molecule has 2 aromatic carbocycles. The molecule has 1 saturated heterocycles. The Bertz CT molecular complexity index is 878. The molecule has 1 aliphatic carbocycles. The molecule has 30 heavy (non-hydrogen) atoms. The van der Waals surface area contributed by atoms with Crippen LogP contribution in [-0.4, -0.2) is 34.7 Å². The highest BCUT2D eigenvalue weighted by Gasteiger charge is 2.40. The molecule has 6 heteroatoms. The molecule has 158 valence electrons. The predicted octanol–water partition coefficient (Wildman–Crippen LogP) is 4.57. The van der Waals surface area contributed by atoms with Gasteiger partial charge in [0, 0.05) is 6.42 Å². The van der Waals surface area contributed by atoms with Crippen LogP contribution in [0.5, 0.6) is 0 Å². The number of hydrogen-bond donors (Lipinski definition) is 1. The number of ether oxygens (including phenoxy) is 1. The van der Waals surface area contributed by atoms with Gasteiger partial charge in [0.25, 0.3) is 0 Å². The van der Waals surface area contributed by atoms with E-state index in [4.69, 9.17) is 4.74 Å². The summed E-state index contributed by atoms with van der Waals surface area (Å²) in [5, 5.41) is 9.88. The van der Waals surface area contributed by atoms with Crippen LogP contribution in [0.4, 0.5) is 9.18 Å². The molecular formula is C24H26FNO4. The summed E-state index contributed by atoms with van der Waals surface area (Å²) < 4.78 is 18.7. The maximum absolute atomic E-state index is 13.5. The second-order valence-electron chi connectivity index (χ2n) is 8.20. The number of carbonyl (C=O) groups is 2. The zero-order valence-corrected chi connectivity index (χ0v) is 16.7. The van der Waals surface area contributed by atoms with Crippen molar-refractivity contribution in [2.75, 3.05) is 6.61 Å². The molecule has 2 fully saturated rings. The third-order valence-corrected chi connectivity index (χ3v) is 6.33. The Balaban J connectivity index is 1.57. The Hall–Kier alpha value is -2.73. The van der Waals surface area contributed by atoms with Crippen LogP contribution in [0.25, 0.3) is 0 Å². The van der Waals surface area contributed by atoms with Crippen molar-refractivity contribution in [2.45, 2.75) is 50.2 Å². The molecule has 5 nitrogen and oxygen atoms in total. The summed E-state index contributed by atoms with van der Waals surface area (Å²) in [6.45, 7) is 0.144. The first-order chi connectivity index (χ1) is 14.5. The standard InChI is InChI=1S/C24H26FNO4/c25-19-10-6-16(7-11-19)21(17-8-12-20(27)13-9-17)14-23(28)26-22(15-30-24(26)29)18-4-2-1-3-5-18/h1-7,10-11,17,20-22,27H,8-9,12-15H2/t17?,20?,21-,22-/m0/s1. The van der Waals surface area contributed by atoms with Crippen LogP contribution < -0.4 is 0 Å². The molecule has 0 bridgehead atoms. The van der Waals surface area contributed by atoms with Crippen LogP contribution in [0.1, 0.15) is 55.2 Å². The van der Waals surface area contributed by atoms with Gasteiger partial charge >= 0.3 is 6.09 Å². The first-order valence-electron chi connectivity index (χ1n) is 10.5. The lowest BCUT2D eigenvalue weighted by atomic mass is 9.74. The van der Waals surface area contributed by atoms with Crippen LogP contribution >= 0.6 is 0 Å². The summed E-state index contributed by atoms with van der Waals surface area (Å²) in [7, 11) is 0. The normalized spacial score (nSPS) is 25.1. The molecule has 1 heterocycles. The molecule has 0 spiro atoms. The largest absolute Gasteiger partial charge is 0.446 e. The number of halogens is 1. The molecule has 2 amide bonds. The van der Waals surface area contributed by atoms with Gasteiger partial charge in [-0.15, -0.1) is 0 Å². The molecule has 2 aliphatic rings. The highest BCUT2D eigenvalue weighted by Crippen LogP contribution is 2.40. The Labute approximate surface area is 175 Å². The summed E-state index contributed by atoms with van der Waals surface area (Å²) in [4.78, 5) is 26.9. The van der Waals surface area contributed by atoms with E-state index < -0.39 is 12.1 Å². The molecule has 0 radical (unpaired) electrons. The summed E-state index contributed by atoms with van der Waals surface area (Å²) in [6.07, 6.45) is 2.19. The van der Waals surface area contributed by atoms with E-state index in [-0.39, 0.29) is 42.7 Å².